The van der Waals surface area contributed by atoms with Gasteiger partial charge in [-0.1, -0.05) is 26.0 Å². The van der Waals surface area contributed by atoms with Gasteiger partial charge in [0.2, 0.25) is 0 Å². The Morgan fingerprint density at radius 2 is 1.65 bits per heavy atom. The summed E-state index contributed by atoms with van der Waals surface area (Å²) >= 11 is 0. The Hall–Kier alpha value is -1.06. The van der Waals surface area contributed by atoms with Crippen molar-refractivity contribution in [2.24, 2.45) is 5.92 Å². The molecule has 3 nitrogen and oxygen atoms in total. The van der Waals surface area contributed by atoms with Gasteiger partial charge >= 0.3 is 0 Å². The fraction of sp³-hybridized carbons (Fsp3) is 0.647. The maximum atomic E-state index is 9.76. The molecule has 0 aromatic heterocycles. The number of aliphatic hydroxyl groups is 1. The number of rotatable bonds is 7. The Kier molecular flexibility index (Phi) is 6.03. The van der Waals surface area contributed by atoms with Gasteiger partial charge in [-0.2, -0.15) is 0 Å². The highest BCUT2D eigenvalue weighted by Crippen LogP contribution is 2.21. The van der Waals surface area contributed by atoms with Gasteiger partial charge in [0, 0.05) is 11.6 Å². The van der Waals surface area contributed by atoms with Crippen LogP contribution in [0.1, 0.15) is 53.1 Å². The molecular formula is C17H29NO2. The molecule has 0 fully saturated rings. The average Bonchev–Trinajstić information content (AvgIpc) is 2.36. The molecule has 1 aromatic carbocycles. The van der Waals surface area contributed by atoms with Crippen LogP contribution in [0.2, 0.25) is 0 Å². The van der Waals surface area contributed by atoms with Gasteiger partial charge in [0.25, 0.3) is 0 Å². The maximum absolute atomic E-state index is 9.76. The second kappa shape index (κ2) is 7.09. The van der Waals surface area contributed by atoms with Gasteiger partial charge in [0.05, 0.1) is 12.7 Å². The third-order valence-corrected chi connectivity index (χ3v) is 3.60. The first-order chi connectivity index (χ1) is 9.22. The predicted molar refractivity (Wildman–Crippen MR) is 84.1 cm³/mol. The Bertz CT molecular complexity index is 396. The normalized spacial score (nSPS) is 15.2. The summed E-state index contributed by atoms with van der Waals surface area (Å²) in [5.74, 6) is 1.44. The number of nitrogens with one attached hydrogen (secondary N) is 1. The summed E-state index contributed by atoms with van der Waals surface area (Å²) in [5, 5.41) is 13.2. The smallest absolute Gasteiger partial charge is 0.119 e. The molecule has 20 heavy (non-hydrogen) atoms. The van der Waals surface area contributed by atoms with Crippen molar-refractivity contribution >= 4 is 0 Å². The van der Waals surface area contributed by atoms with E-state index in [2.05, 4.69) is 38.2 Å². The first kappa shape index (κ1) is 17.0. The fourth-order valence-electron chi connectivity index (χ4n) is 1.88. The van der Waals surface area contributed by atoms with E-state index in [-0.39, 0.29) is 11.6 Å². The summed E-state index contributed by atoms with van der Waals surface area (Å²) in [6.07, 6.45) is -0.404. The minimum atomic E-state index is -0.404. The molecule has 2 unspecified atom stereocenters. The summed E-state index contributed by atoms with van der Waals surface area (Å²) < 4.78 is 5.68. The highest BCUT2D eigenvalue weighted by molar-refractivity contribution is 5.29. The van der Waals surface area contributed by atoms with E-state index < -0.39 is 6.10 Å². The first-order valence-electron chi connectivity index (χ1n) is 7.41. The van der Waals surface area contributed by atoms with Gasteiger partial charge in [-0.3, -0.25) is 0 Å². The molecule has 0 spiro atoms. The zero-order valence-electron chi connectivity index (χ0n) is 13.6. The summed E-state index contributed by atoms with van der Waals surface area (Å²) in [4.78, 5) is 0. The molecule has 0 aliphatic carbocycles. The van der Waals surface area contributed by atoms with Crippen molar-refractivity contribution in [3.8, 4) is 5.75 Å². The zero-order chi connectivity index (χ0) is 15.3. The van der Waals surface area contributed by atoms with Gasteiger partial charge < -0.3 is 15.2 Å². The summed E-state index contributed by atoms with van der Waals surface area (Å²) in [7, 11) is 0. The van der Waals surface area contributed by atoms with Gasteiger partial charge in [-0.05, 0) is 51.3 Å². The van der Waals surface area contributed by atoms with E-state index in [4.69, 9.17) is 4.74 Å². The van der Waals surface area contributed by atoms with E-state index in [9.17, 15) is 5.11 Å². The largest absolute Gasteiger partial charge is 0.493 e. The molecule has 0 saturated heterocycles. The number of ether oxygens (including phenoxy) is 1. The highest BCUT2D eigenvalue weighted by atomic mass is 16.5. The van der Waals surface area contributed by atoms with E-state index in [1.807, 2.05) is 32.9 Å². The molecule has 0 bridgehead atoms. The number of hydrogen-bond acceptors (Lipinski definition) is 3. The molecule has 1 aromatic rings. The number of benzene rings is 1. The van der Waals surface area contributed by atoms with E-state index in [0.717, 1.165) is 12.4 Å². The Labute approximate surface area is 123 Å². The SMILES string of the molecule is CC(C)COc1ccc(C(C)NC(C)(C)C(C)O)cc1. The van der Waals surface area contributed by atoms with Crippen molar-refractivity contribution in [2.75, 3.05) is 6.61 Å². The first-order valence-corrected chi connectivity index (χ1v) is 7.41. The van der Waals surface area contributed by atoms with E-state index in [0.29, 0.717) is 5.92 Å². The van der Waals surface area contributed by atoms with Crippen LogP contribution < -0.4 is 10.1 Å². The topological polar surface area (TPSA) is 41.5 Å². The lowest BCUT2D eigenvalue weighted by Crippen LogP contribution is -2.49. The minimum Gasteiger partial charge on any atom is -0.493 e. The third-order valence-electron chi connectivity index (χ3n) is 3.60. The molecule has 2 N–H and O–H groups in total. The van der Waals surface area contributed by atoms with Crippen molar-refractivity contribution < 1.29 is 9.84 Å². The van der Waals surface area contributed by atoms with Gasteiger partial charge in [-0.25, -0.2) is 0 Å². The van der Waals surface area contributed by atoms with Crippen molar-refractivity contribution in [3.63, 3.8) is 0 Å². The van der Waals surface area contributed by atoms with Crippen molar-refractivity contribution in [1.82, 2.24) is 5.32 Å². The van der Waals surface area contributed by atoms with E-state index >= 15 is 0 Å². The minimum absolute atomic E-state index is 0.179. The van der Waals surface area contributed by atoms with Gasteiger partial charge in [-0.15, -0.1) is 0 Å². The monoisotopic (exact) mass is 279 g/mol. The number of hydrogen-bond donors (Lipinski definition) is 2. The predicted octanol–water partition coefficient (Wildman–Crippen LogP) is 3.53. The van der Waals surface area contributed by atoms with Crippen molar-refractivity contribution in [2.45, 2.75) is 59.2 Å². The molecule has 114 valence electrons. The van der Waals surface area contributed by atoms with Crippen LogP contribution in [0, 0.1) is 5.92 Å². The molecule has 1 rings (SSSR count). The van der Waals surface area contributed by atoms with Crippen LogP contribution in [0.25, 0.3) is 0 Å². The third kappa shape index (κ3) is 5.14. The molecule has 0 aliphatic heterocycles. The maximum Gasteiger partial charge on any atom is 0.119 e. The Morgan fingerprint density at radius 3 is 2.10 bits per heavy atom. The van der Waals surface area contributed by atoms with Crippen molar-refractivity contribution in [1.29, 1.82) is 0 Å². The second-order valence-electron chi connectivity index (χ2n) is 6.54. The average molecular weight is 279 g/mol. The zero-order valence-corrected chi connectivity index (χ0v) is 13.6. The standard InChI is InChI=1S/C17H29NO2/c1-12(2)11-20-16-9-7-15(8-10-16)13(3)18-17(5,6)14(4)19/h7-10,12-14,18-19H,11H2,1-6H3. The van der Waals surface area contributed by atoms with Crippen LogP contribution in [0.5, 0.6) is 5.75 Å². The lowest BCUT2D eigenvalue weighted by Gasteiger charge is -2.33. The summed E-state index contributed by atoms with van der Waals surface area (Å²) in [6.45, 7) is 12.9. The van der Waals surface area contributed by atoms with E-state index in [1.165, 1.54) is 5.56 Å². The number of aliphatic hydroxyl groups excluding tert-OH is 1. The molecule has 3 heteroatoms. The molecule has 0 radical (unpaired) electrons. The second-order valence-corrected chi connectivity index (χ2v) is 6.54. The van der Waals surface area contributed by atoms with Crippen molar-refractivity contribution in [3.05, 3.63) is 29.8 Å². The van der Waals surface area contributed by atoms with Crippen LogP contribution in [0.4, 0.5) is 0 Å². The molecule has 0 aliphatic rings. The molecule has 0 saturated carbocycles. The fourth-order valence-corrected chi connectivity index (χ4v) is 1.88. The van der Waals surface area contributed by atoms with Gasteiger partial charge in [0.15, 0.2) is 0 Å². The molecule has 2 atom stereocenters. The van der Waals surface area contributed by atoms with Crippen LogP contribution in [-0.4, -0.2) is 23.4 Å². The molecule has 0 heterocycles. The Balaban J connectivity index is 2.64. The Morgan fingerprint density at radius 1 is 1.10 bits per heavy atom. The quantitative estimate of drug-likeness (QED) is 0.802. The van der Waals surface area contributed by atoms with E-state index in [1.54, 1.807) is 0 Å². The van der Waals surface area contributed by atoms with Crippen LogP contribution >= 0.6 is 0 Å². The lowest BCUT2D eigenvalue weighted by atomic mass is 9.96. The van der Waals surface area contributed by atoms with Crippen LogP contribution in [-0.2, 0) is 0 Å². The summed E-state index contributed by atoms with van der Waals surface area (Å²) in [5.41, 5.74) is 0.877. The highest BCUT2D eigenvalue weighted by Gasteiger charge is 2.25. The summed E-state index contributed by atoms with van der Waals surface area (Å²) in [6, 6.07) is 8.34. The lowest BCUT2D eigenvalue weighted by molar-refractivity contribution is 0.0895. The van der Waals surface area contributed by atoms with Crippen LogP contribution in [0.3, 0.4) is 0 Å². The van der Waals surface area contributed by atoms with Gasteiger partial charge in [0.1, 0.15) is 5.75 Å². The molecule has 0 amide bonds. The molecular weight excluding hydrogens is 250 g/mol. The van der Waals surface area contributed by atoms with Crippen LogP contribution in [0.15, 0.2) is 24.3 Å².